The van der Waals surface area contributed by atoms with E-state index in [-0.39, 0.29) is 25.4 Å². The molecule has 0 saturated heterocycles. The molecule has 1 amide bonds. The second-order valence-electron chi connectivity index (χ2n) is 8.66. The molecule has 0 bridgehead atoms. The Kier molecular flexibility index (Phi) is 7.41. The van der Waals surface area contributed by atoms with Crippen LogP contribution in [0.4, 0.5) is 0 Å². The Balaban J connectivity index is 1.50. The van der Waals surface area contributed by atoms with Gasteiger partial charge in [0, 0.05) is 24.1 Å². The predicted octanol–water partition coefficient (Wildman–Crippen LogP) is 4.35. The minimum absolute atomic E-state index is 0.0526. The topological polar surface area (TPSA) is 85.5 Å². The molecule has 32 heavy (non-hydrogen) atoms. The highest BCUT2D eigenvalue weighted by Gasteiger charge is 2.27. The van der Waals surface area contributed by atoms with Crippen molar-refractivity contribution in [2.75, 3.05) is 6.61 Å². The number of carbonyl (C=O) groups is 2. The van der Waals surface area contributed by atoms with Crippen LogP contribution in [0.2, 0.25) is 0 Å². The lowest BCUT2D eigenvalue weighted by atomic mass is 10.0. The molecule has 7 nitrogen and oxygen atoms in total. The first-order valence-corrected chi connectivity index (χ1v) is 10.6. The Bertz CT molecular complexity index is 1040. The second-order valence-corrected chi connectivity index (χ2v) is 8.66. The number of rotatable bonds is 8. The first kappa shape index (κ1) is 23.2. The van der Waals surface area contributed by atoms with Crippen molar-refractivity contribution >= 4 is 11.9 Å². The lowest BCUT2D eigenvalue weighted by molar-refractivity contribution is -0.154. The van der Waals surface area contributed by atoms with E-state index < -0.39 is 11.5 Å². The van der Waals surface area contributed by atoms with Gasteiger partial charge in [-0.3, -0.25) is 9.59 Å². The highest BCUT2D eigenvalue weighted by Crippen LogP contribution is 2.20. The van der Waals surface area contributed by atoms with Gasteiger partial charge >= 0.3 is 5.97 Å². The summed E-state index contributed by atoms with van der Waals surface area (Å²) in [5.74, 6) is 0.0330. The Morgan fingerprint density at radius 2 is 1.69 bits per heavy atom. The number of aryl methyl sites for hydroxylation is 2. The van der Waals surface area contributed by atoms with E-state index in [0.717, 1.165) is 16.7 Å². The van der Waals surface area contributed by atoms with Gasteiger partial charge in [-0.1, -0.05) is 48.0 Å². The van der Waals surface area contributed by atoms with E-state index >= 15 is 0 Å². The van der Waals surface area contributed by atoms with Gasteiger partial charge in [0.1, 0.15) is 0 Å². The zero-order valence-corrected chi connectivity index (χ0v) is 19.0. The zero-order chi connectivity index (χ0) is 23.1. The molecule has 0 fully saturated rings. The second kappa shape index (κ2) is 10.2. The largest absolute Gasteiger partial charge is 0.456 e. The number of esters is 1. The molecule has 0 aliphatic heterocycles. The molecule has 0 radical (unpaired) electrons. The molecule has 0 N–H and O–H groups in total. The van der Waals surface area contributed by atoms with Crippen molar-refractivity contribution in [3.8, 4) is 11.5 Å². The summed E-state index contributed by atoms with van der Waals surface area (Å²) in [6, 6.07) is 17.5. The highest BCUT2D eigenvalue weighted by molar-refractivity contribution is 5.81. The van der Waals surface area contributed by atoms with E-state index in [1.807, 2.05) is 82.3 Å². The van der Waals surface area contributed by atoms with Crippen LogP contribution in [0.1, 0.15) is 44.2 Å². The van der Waals surface area contributed by atoms with E-state index in [9.17, 15) is 9.59 Å². The number of hydrogen-bond donors (Lipinski definition) is 0. The number of nitrogens with zero attached hydrogens (tertiary/aromatic N) is 3. The third kappa shape index (κ3) is 6.51. The number of hydrogen-bond acceptors (Lipinski definition) is 6. The monoisotopic (exact) mass is 435 g/mol. The summed E-state index contributed by atoms with van der Waals surface area (Å²) >= 11 is 0. The molecule has 7 heteroatoms. The van der Waals surface area contributed by atoms with E-state index in [1.165, 1.54) is 0 Å². The average Bonchev–Trinajstić information content (AvgIpc) is 3.24. The maximum Gasteiger partial charge on any atom is 0.306 e. The van der Waals surface area contributed by atoms with Crippen molar-refractivity contribution in [1.82, 2.24) is 15.1 Å². The first-order chi connectivity index (χ1) is 15.2. The van der Waals surface area contributed by atoms with Crippen LogP contribution < -0.4 is 0 Å². The lowest BCUT2D eigenvalue weighted by Crippen LogP contribution is -2.46. The van der Waals surface area contributed by atoms with Gasteiger partial charge in [-0.15, -0.1) is 10.2 Å². The quantitative estimate of drug-likeness (QED) is 0.489. The summed E-state index contributed by atoms with van der Waals surface area (Å²) < 4.78 is 10.9. The van der Waals surface area contributed by atoms with E-state index in [0.29, 0.717) is 18.3 Å². The first-order valence-electron chi connectivity index (χ1n) is 10.6. The maximum atomic E-state index is 12.8. The Morgan fingerprint density at radius 1 is 1.00 bits per heavy atom. The van der Waals surface area contributed by atoms with Gasteiger partial charge in [-0.2, -0.15) is 0 Å². The maximum absolute atomic E-state index is 12.8. The lowest BCUT2D eigenvalue weighted by Gasteiger charge is -2.35. The van der Waals surface area contributed by atoms with Gasteiger partial charge < -0.3 is 14.1 Å². The molecule has 1 heterocycles. The van der Waals surface area contributed by atoms with Crippen molar-refractivity contribution < 1.29 is 18.7 Å². The van der Waals surface area contributed by atoms with Crippen LogP contribution >= 0.6 is 0 Å². The van der Waals surface area contributed by atoms with E-state index in [4.69, 9.17) is 9.15 Å². The summed E-state index contributed by atoms with van der Waals surface area (Å²) in [6.07, 6.45) is 0.301. The van der Waals surface area contributed by atoms with Gasteiger partial charge in [0.05, 0.1) is 6.42 Å². The summed E-state index contributed by atoms with van der Waals surface area (Å²) in [4.78, 5) is 26.7. The van der Waals surface area contributed by atoms with Gasteiger partial charge in [-0.05, 0) is 45.4 Å². The fraction of sp³-hybridized carbons (Fsp3) is 0.360. The van der Waals surface area contributed by atoms with E-state index in [1.54, 1.807) is 4.90 Å². The summed E-state index contributed by atoms with van der Waals surface area (Å²) in [6.45, 7) is 8.01. The molecule has 0 saturated carbocycles. The molecular formula is C25H29N3O4. The van der Waals surface area contributed by atoms with Crippen LogP contribution in [0.25, 0.3) is 11.5 Å². The summed E-state index contributed by atoms with van der Waals surface area (Å²) in [5.41, 5.74) is 2.57. The number of benzene rings is 2. The molecule has 0 aliphatic rings. The molecule has 1 aromatic heterocycles. The molecule has 2 aromatic carbocycles. The van der Waals surface area contributed by atoms with Crippen molar-refractivity contribution in [2.24, 2.45) is 0 Å². The molecule has 0 unspecified atom stereocenters. The van der Waals surface area contributed by atoms with Crippen LogP contribution in [-0.2, 0) is 27.3 Å². The van der Waals surface area contributed by atoms with Crippen molar-refractivity contribution in [1.29, 1.82) is 0 Å². The Hall–Kier alpha value is -3.48. The van der Waals surface area contributed by atoms with Crippen LogP contribution in [0.15, 0.2) is 59.0 Å². The van der Waals surface area contributed by atoms with Crippen LogP contribution in [0.3, 0.4) is 0 Å². The number of amides is 1. The smallest absolute Gasteiger partial charge is 0.306 e. The molecule has 3 aromatic rings. The standard InChI is InChI=1S/C25H29N3O4/c1-18-10-12-20(13-11-18)24-27-26-21(32-24)14-15-23(30)31-17-22(29)28(25(2,3)4)16-19-8-6-5-7-9-19/h5-13H,14-17H2,1-4H3. The SMILES string of the molecule is Cc1ccc(-c2nnc(CCC(=O)OCC(=O)N(Cc3ccccc3)C(C)(C)C)o2)cc1. The van der Waals surface area contributed by atoms with Crippen molar-refractivity contribution in [3.05, 3.63) is 71.6 Å². The van der Waals surface area contributed by atoms with Crippen LogP contribution in [0, 0.1) is 6.92 Å². The van der Waals surface area contributed by atoms with Gasteiger partial charge in [0.15, 0.2) is 6.61 Å². The van der Waals surface area contributed by atoms with Crippen molar-refractivity contribution in [3.63, 3.8) is 0 Å². The van der Waals surface area contributed by atoms with Crippen LogP contribution in [0.5, 0.6) is 0 Å². The fourth-order valence-corrected chi connectivity index (χ4v) is 3.13. The molecule has 0 aliphatic carbocycles. The molecule has 0 atom stereocenters. The molecule has 0 spiro atoms. The van der Waals surface area contributed by atoms with Crippen molar-refractivity contribution in [2.45, 2.75) is 52.6 Å². The minimum Gasteiger partial charge on any atom is -0.456 e. The Morgan fingerprint density at radius 3 is 2.34 bits per heavy atom. The van der Waals surface area contributed by atoms with E-state index in [2.05, 4.69) is 10.2 Å². The molecular weight excluding hydrogens is 406 g/mol. The van der Waals surface area contributed by atoms with Gasteiger partial charge in [0.25, 0.3) is 5.91 Å². The number of aromatic nitrogens is 2. The van der Waals surface area contributed by atoms with Gasteiger partial charge in [0.2, 0.25) is 11.8 Å². The van der Waals surface area contributed by atoms with Gasteiger partial charge in [-0.25, -0.2) is 0 Å². The minimum atomic E-state index is -0.484. The third-order valence-electron chi connectivity index (χ3n) is 4.96. The number of ether oxygens (including phenoxy) is 1. The average molecular weight is 436 g/mol. The normalized spacial score (nSPS) is 11.2. The predicted molar refractivity (Wildman–Crippen MR) is 120 cm³/mol. The number of carbonyl (C=O) groups excluding carboxylic acids is 2. The molecule has 168 valence electrons. The Labute approximate surface area is 188 Å². The third-order valence-corrected chi connectivity index (χ3v) is 4.96. The summed E-state index contributed by atoms with van der Waals surface area (Å²) in [7, 11) is 0. The summed E-state index contributed by atoms with van der Waals surface area (Å²) in [5, 5.41) is 8.02. The van der Waals surface area contributed by atoms with Crippen LogP contribution in [-0.4, -0.2) is 39.1 Å². The molecule has 3 rings (SSSR count). The highest BCUT2D eigenvalue weighted by atomic mass is 16.5. The zero-order valence-electron chi connectivity index (χ0n) is 19.0. The fourth-order valence-electron chi connectivity index (χ4n) is 3.13.